The van der Waals surface area contributed by atoms with Crippen molar-refractivity contribution < 1.29 is 4.39 Å². The lowest BCUT2D eigenvalue weighted by Crippen LogP contribution is -2.03. The third kappa shape index (κ3) is 3.54. The minimum Gasteiger partial charge on any atom is -0.309 e. The zero-order chi connectivity index (χ0) is 12.8. The highest BCUT2D eigenvalue weighted by Crippen LogP contribution is 2.18. The van der Waals surface area contributed by atoms with E-state index in [4.69, 9.17) is 0 Å². The van der Waals surface area contributed by atoms with Crippen LogP contribution in [0.1, 0.15) is 5.56 Å². The second kappa shape index (κ2) is 6.13. The molecule has 2 aromatic rings. The van der Waals surface area contributed by atoms with E-state index in [1.54, 1.807) is 12.1 Å². The lowest BCUT2D eigenvalue weighted by atomic mass is 10.2. The lowest BCUT2D eigenvalue weighted by Gasteiger charge is -2.13. The molecule has 0 heterocycles. The molecule has 0 bridgehead atoms. The molecule has 0 aliphatic rings. The van der Waals surface area contributed by atoms with Crippen molar-refractivity contribution in [3.63, 3.8) is 0 Å². The minimum atomic E-state index is -0.241. The molecule has 0 atom stereocenters. The normalized spacial score (nSPS) is 9.44. The van der Waals surface area contributed by atoms with Gasteiger partial charge in [-0.15, -0.1) is 0 Å². The fraction of sp³-hybridized carbons (Fsp3) is 0.0667. The van der Waals surface area contributed by atoms with Crippen LogP contribution in [-0.4, -0.2) is 7.05 Å². The largest absolute Gasteiger partial charge is 0.309 e. The van der Waals surface area contributed by atoms with Crippen LogP contribution in [0.4, 0.5) is 10.1 Å². The minimum absolute atomic E-state index is 0.241. The molecule has 0 N–H and O–H groups in total. The predicted octanol–water partition coefficient (Wildman–Crippen LogP) is 3.92. The van der Waals surface area contributed by atoms with E-state index >= 15 is 0 Å². The summed E-state index contributed by atoms with van der Waals surface area (Å²) in [5.74, 6) is 2.74. The van der Waals surface area contributed by atoms with Crippen molar-refractivity contribution >= 4 is 17.6 Å². The number of benzene rings is 2. The van der Waals surface area contributed by atoms with Gasteiger partial charge in [0.2, 0.25) is 0 Å². The standard InChI is InChI=1S/C15H12FNS/c1-17(15-5-3-2-4-6-15)18-12-11-13-7-9-14(16)10-8-13/h2-10H,1H3. The highest BCUT2D eigenvalue weighted by molar-refractivity contribution is 8.05. The van der Waals surface area contributed by atoms with E-state index in [0.717, 1.165) is 11.3 Å². The van der Waals surface area contributed by atoms with Crippen LogP contribution in [0.25, 0.3) is 0 Å². The van der Waals surface area contributed by atoms with E-state index in [2.05, 4.69) is 11.2 Å². The van der Waals surface area contributed by atoms with Gasteiger partial charge in [-0.2, -0.15) is 0 Å². The number of hydrogen-bond acceptors (Lipinski definition) is 2. The Morgan fingerprint density at radius 1 is 1.00 bits per heavy atom. The van der Waals surface area contributed by atoms with E-state index < -0.39 is 0 Å². The first-order chi connectivity index (χ1) is 8.75. The van der Waals surface area contributed by atoms with E-state index in [-0.39, 0.29) is 5.82 Å². The first-order valence-electron chi connectivity index (χ1n) is 5.48. The number of nitrogens with zero attached hydrogens (tertiary/aromatic N) is 1. The average molecular weight is 257 g/mol. The summed E-state index contributed by atoms with van der Waals surface area (Å²) in [5, 5.41) is 2.99. The van der Waals surface area contributed by atoms with Crippen LogP contribution >= 0.6 is 11.9 Å². The second-order valence-electron chi connectivity index (χ2n) is 3.66. The summed E-state index contributed by atoms with van der Waals surface area (Å²) in [6.45, 7) is 0. The predicted molar refractivity (Wildman–Crippen MR) is 75.7 cm³/mol. The molecule has 0 aliphatic carbocycles. The lowest BCUT2D eigenvalue weighted by molar-refractivity contribution is 0.627. The number of para-hydroxylation sites is 1. The van der Waals surface area contributed by atoms with E-state index in [1.165, 1.54) is 24.1 Å². The van der Waals surface area contributed by atoms with Crippen LogP contribution in [0.2, 0.25) is 0 Å². The molecule has 1 nitrogen and oxygen atoms in total. The summed E-state index contributed by atoms with van der Waals surface area (Å²) >= 11 is 1.41. The second-order valence-corrected chi connectivity index (χ2v) is 4.59. The Labute approximate surface area is 111 Å². The molecule has 0 saturated heterocycles. The molecule has 0 aliphatic heterocycles. The zero-order valence-corrected chi connectivity index (χ0v) is 10.7. The molecule has 18 heavy (non-hydrogen) atoms. The van der Waals surface area contributed by atoms with Crippen LogP contribution in [-0.2, 0) is 0 Å². The molecular weight excluding hydrogens is 245 g/mol. The van der Waals surface area contributed by atoms with Gasteiger partial charge >= 0.3 is 0 Å². The highest BCUT2D eigenvalue weighted by Gasteiger charge is 1.97. The van der Waals surface area contributed by atoms with Crippen LogP contribution in [0.15, 0.2) is 54.6 Å². The van der Waals surface area contributed by atoms with Crippen LogP contribution in [0, 0.1) is 17.0 Å². The Morgan fingerprint density at radius 2 is 1.67 bits per heavy atom. The average Bonchev–Trinajstić information content (AvgIpc) is 2.42. The van der Waals surface area contributed by atoms with Crippen molar-refractivity contribution in [3.05, 3.63) is 66.0 Å². The molecular formula is C15H12FNS. The zero-order valence-electron chi connectivity index (χ0n) is 9.93. The fourth-order valence-corrected chi connectivity index (χ4v) is 1.90. The van der Waals surface area contributed by atoms with Gasteiger partial charge in [0.15, 0.2) is 0 Å². The number of anilines is 1. The highest BCUT2D eigenvalue weighted by atomic mass is 32.2. The van der Waals surface area contributed by atoms with Gasteiger partial charge in [-0.1, -0.05) is 24.1 Å². The first-order valence-corrected chi connectivity index (χ1v) is 6.25. The first kappa shape index (κ1) is 12.5. The summed E-state index contributed by atoms with van der Waals surface area (Å²) in [6, 6.07) is 16.2. The molecule has 0 saturated carbocycles. The Balaban J connectivity index is 1.98. The molecule has 2 aromatic carbocycles. The molecule has 0 aromatic heterocycles. The van der Waals surface area contributed by atoms with Crippen molar-refractivity contribution in [2.45, 2.75) is 0 Å². The van der Waals surface area contributed by atoms with E-state index in [1.807, 2.05) is 41.7 Å². The van der Waals surface area contributed by atoms with Gasteiger partial charge in [0.1, 0.15) is 5.82 Å². The van der Waals surface area contributed by atoms with Crippen LogP contribution < -0.4 is 4.31 Å². The van der Waals surface area contributed by atoms with Gasteiger partial charge in [-0.05, 0) is 41.7 Å². The number of rotatable bonds is 2. The topological polar surface area (TPSA) is 3.24 Å². The summed E-state index contributed by atoms with van der Waals surface area (Å²) in [7, 11) is 1.96. The molecule has 90 valence electrons. The summed E-state index contributed by atoms with van der Waals surface area (Å²) in [4.78, 5) is 0. The number of halogens is 1. The monoisotopic (exact) mass is 257 g/mol. The maximum atomic E-state index is 12.7. The maximum Gasteiger partial charge on any atom is 0.123 e. The molecule has 0 amide bonds. The Hall–Kier alpha value is -1.92. The molecule has 0 radical (unpaired) electrons. The third-order valence-electron chi connectivity index (χ3n) is 2.34. The molecule has 0 spiro atoms. The van der Waals surface area contributed by atoms with Crippen LogP contribution in [0.3, 0.4) is 0 Å². The van der Waals surface area contributed by atoms with E-state index in [0.29, 0.717) is 0 Å². The Bertz CT molecular complexity index is 555. The van der Waals surface area contributed by atoms with E-state index in [9.17, 15) is 4.39 Å². The Morgan fingerprint density at radius 3 is 2.33 bits per heavy atom. The van der Waals surface area contributed by atoms with Gasteiger partial charge in [0, 0.05) is 30.2 Å². The van der Waals surface area contributed by atoms with Gasteiger partial charge in [-0.25, -0.2) is 4.39 Å². The van der Waals surface area contributed by atoms with Crippen molar-refractivity contribution in [2.75, 3.05) is 11.4 Å². The molecule has 0 fully saturated rings. The summed E-state index contributed by atoms with van der Waals surface area (Å²) in [6.07, 6.45) is 0. The maximum absolute atomic E-state index is 12.7. The van der Waals surface area contributed by atoms with Gasteiger partial charge in [0.25, 0.3) is 0 Å². The van der Waals surface area contributed by atoms with Crippen molar-refractivity contribution in [2.24, 2.45) is 0 Å². The summed E-state index contributed by atoms with van der Waals surface area (Å²) in [5.41, 5.74) is 1.90. The molecule has 2 rings (SSSR count). The molecule has 0 unspecified atom stereocenters. The van der Waals surface area contributed by atoms with Gasteiger partial charge < -0.3 is 4.31 Å². The number of hydrogen-bond donors (Lipinski definition) is 0. The fourth-order valence-electron chi connectivity index (χ4n) is 1.37. The SMILES string of the molecule is CN(SC#Cc1ccc(F)cc1)c1ccccc1. The van der Waals surface area contributed by atoms with Gasteiger partial charge in [-0.3, -0.25) is 0 Å². The van der Waals surface area contributed by atoms with Crippen molar-refractivity contribution in [1.82, 2.24) is 0 Å². The molecule has 3 heteroatoms. The van der Waals surface area contributed by atoms with Crippen LogP contribution in [0.5, 0.6) is 0 Å². The summed E-state index contributed by atoms with van der Waals surface area (Å²) < 4.78 is 14.7. The quantitative estimate of drug-likeness (QED) is 0.592. The van der Waals surface area contributed by atoms with Gasteiger partial charge in [0.05, 0.1) is 0 Å². The van der Waals surface area contributed by atoms with Crippen molar-refractivity contribution in [1.29, 1.82) is 0 Å². The Kier molecular flexibility index (Phi) is 4.27. The third-order valence-corrected chi connectivity index (χ3v) is 3.02. The van der Waals surface area contributed by atoms with Crippen molar-refractivity contribution in [3.8, 4) is 11.2 Å². The smallest absolute Gasteiger partial charge is 0.123 e.